The summed E-state index contributed by atoms with van der Waals surface area (Å²) in [6.07, 6.45) is 4.76. The SMILES string of the molecule is CCCCc1n[nH]c(=S)n1/N=C\c1cccc(OCc2ccc(Br)cc2)c1. The van der Waals surface area contributed by atoms with Gasteiger partial charge in [-0.05, 0) is 54.0 Å². The standard InChI is InChI=1S/C20H21BrN4OS/c1-2-3-7-19-23-24-20(27)25(19)22-13-16-5-4-6-18(12-16)26-14-15-8-10-17(21)11-9-15/h4-6,8-13H,2-3,7,14H2,1H3,(H,24,27)/b22-13-. The van der Waals surface area contributed by atoms with Gasteiger partial charge in [0.05, 0.1) is 6.21 Å². The highest BCUT2D eigenvalue weighted by atomic mass is 79.9. The van der Waals surface area contributed by atoms with Crippen molar-refractivity contribution in [1.82, 2.24) is 14.9 Å². The normalized spacial score (nSPS) is 11.2. The third kappa shape index (κ3) is 5.61. The number of aromatic nitrogens is 3. The number of halogens is 1. The van der Waals surface area contributed by atoms with Gasteiger partial charge in [0.25, 0.3) is 0 Å². The molecule has 0 unspecified atom stereocenters. The Morgan fingerprint density at radius 1 is 1.26 bits per heavy atom. The molecule has 0 bridgehead atoms. The number of aryl methyl sites for hydroxylation is 1. The predicted octanol–water partition coefficient (Wildman–Crippen LogP) is 5.51. The lowest BCUT2D eigenvalue weighted by Gasteiger charge is -2.07. The van der Waals surface area contributed by atoms with Crippen LogP contribution in [0.2, 0.25) is 0 Å². The van der Waals surface area contributed by atoms with Crippen LogP contribution in [-0.4, -0.2) is 21.1 Å². The minimum absolute atomic E-state index is 0.500. The second-order valence-corrected chi connectivity index (χ2v) is 7.39. The second-order valence-electron chi connectivity index (χ2n) is 6.09. The first-order valence-electron chi connectivity index (χ1n) is 8.83. The first-order valence-corrected chi connectivity index (χ1v) is 10.0. The number of benzene rings is 2. The molecule has 0 fully saturated rings. The third-order valence-corrected chi connectivity index (χ3v) is 4.76. The van der Waals surface area contributed by atoms with E-state index in [0.29, 0.717) is 11.4 Å². The van der Waals surface area contributed by atoms with E-state index in [-0.39, 0.29) is 0 Å². The quantitative estimate of drug-likeness (QED) is 0.368. The van der Waals surface area contributed by atoms with Crippen LogP contribution < -0.4 is 4.74 Å². The van der Waals surface area contributed by atoms with Gasteiger partial charge in [-0.2, -0.15) is 14.9 Å². The lowest BCUT2D eigenvalue weighted by Crippen LogP contribution is -1.99. The van der Waals surface area contributed by atoms with Gasteiger partial charge in [0.2, 0.25) is 4.77 Å². The summed E-state index contributed by atoms with van der Waals surface area (Å²) in [6.45, 7) is 2.66. The van der Waals surface area contributed by atoms with Gasteiger partial charge in [-0.15, -0.1) is 0 Å². The summed E-state index contributed by atoms with van der Waals surface area (Å²) in [4.78, 5) is 0. The zero-order valence-electron chi connectivity index (χ0n) is 15.1. The Balaban J connectivity index is 1.68. The lowest BCUT2D eigenvalue weighted by molar-refractivity contribution is 0.306. The van der Waals surface area contributed by atoms with Crippen molar-refractivity contribution in [3.8, 4) is 5.75 Å². The smallest absolute Gasteiger partial charge is 0.216 e. The molecule has 0 spiro atoms. The minimum Gasteiger partial charge on any atom is -0.489 e. The monoisotopic (exact) mass is 444 g/mol. The van der Waals surface area contributed by atoms with E-state index < -0.39 is 0 Å². The van der Waals surface area contributed by atoms with Crippen LogP contribution >= 0.6 is 28.1 Å². The maximum absolute atomic E-state index is 5.89. The Labute approximate surface area is 172 Å². The minimum atomic E-state index is 0.500. The molecule has 0 saturated carbocycles. The van der Waals surface area contributed by atoms with Gasteiger partial charge in [0, 0.05) is 10.9 Å². The Morgan fingerprint density at radius 3 is 2.85 bits per heavy atom. The molecule has 0 atom stereocenters. The number of rotatable bonds is 8. The van der Waals surface area contributed by atoms with E-state index in [4.69, 9.17) is 17.0 Å². The molecule has 3 aromatic rings. The molecule has 0 amide bonds. The van der Waals surface area contributed by atoms with E-state index >= 15 is 0 Å². The summed E-state index contributed by atoms with van der Waals surface area (Å²) in [5.74, 6) is 1.64. The molecular weight excluding hydrogens is 424 g/mol. The Morgan fingerprint density at radius 2 is 2.07 bits per heavy atom. The molecule has 1 heterocycles. The van der Waals surface area contributed by atoms with E-state index in [9.17, 15) is 0 Å². The molecule has 7 heteroatoms. The van der Waals surface area contributed by atoms with Crippen molar-refractivity contribution in [3.63, 3.8) is 0 Å². The van der Waals surface area contributed by atoms with Gasteiger partial charge in [-0.1, -0.05) is 53.5 Å². The second kappa shape index (κ2) is 9.62. The summed E-state index contributed by atoms with van der Waals surface area (Å²) in [7, 11) is 0. The van der Waals surface area contributed by atoms with Crippen LogP contribution in [0, 0.1) is 4.77 Å². The third-order valence-electron chi connectivity index (χ3n) is 3.97. The molecule has 140 valence electrons. The molecule has 0 aliphatic rings. The number of hydrogen-bond donors (Lipinski definition) is 1. The van der Waals surface area contributed by atoms with E-state index in [1.54, 1.807) is 10.9 Å². The van der Waals surface area contributed by atoms with Crippen molar-refractivity contribution in [2.45, 2.75) is 32.8 Å². The highest BCUT2D eigenvalue weighted by Gasteiger charge is 2.04. The summed E-state index contributed by atoms with van der Waals surface area (Å²) in [5, 5.41) is 11.6. The van der Waals surface area contributed by atoms with E-state index in [1.807, 2.05) is 48.5 Å². The fourth-order valence-corrected chi connectivity index (χ4v) is 2.96. The van der Waals surface area contributed by atoms with Gasteiger partial charge in [-0.3, -0.25) is 5.10 Å². The molecular formula is C20H21BrN4OS. The van der Waals surface area contributed by atoms with Crippen LogP contribution in [0.3, 0.4) is 0 Å². The maximum atomic E-state index is 5.89. The van der Waals surface area contributed by atoms with Gasteiger partial charge >= 0.3 is 0 Å². The molecule has 1 N–H and O–H groups in total. The Kier molecular flexibility index (Phi) is 6.95. The molecule has 1 aromatic heterocycles. The molecule has 0 aliphatic heterocycles. The van der Waals surface area contributed by atoms with Crippen LogP contribution in [0.5, 0.6) is 5.75 Å². The zero-order valence-corrected chi connectivity index (χ0v) is 17.5. The lowest BCUT2D eigenvalue weighted by atomic mass is 10.2. The highest BCUT2D eigenvalue weighted by Crippen LogP contribution is 2.16. The van der Waals surface area contributed by atoms with Gasteiger partial charge in [0.15, 0.2) is 5.82 Å². The number of nitrogens with zero attached hydrogens (tertiary/aromatic N) is 3. The van der Waals surface area contributed by atoms with Crippen LogP contribution in [0.15, 0.2) is 58.1 Å². The molecule has 27 heavy (non-hydrogen) atoms. The highest BCUT2D eigenvalue weighted by molar-refractivity contribution is 9.10. The molecule has 0 saturated heterocycles. The summed E-state index contributed by atoms with van der Waals surface area (Å²) < 4.78 is 9.12. The van der Waals surface area contributed by atoms with E-state index in [1.165, 1.54) is 0 Å². The van der Waals surface area contributed by atoms with Crippen LogP contribution in [0.4, 0.5) is 0 Å². The van der Waals surface area contributed by atoms with Crippen molar-refractivity contribution in [1.29, 1.82) is 0 Å². The van der Waals surface area contributed by atoms with Crippen molar-refractivity contribution in [2.24, 2.45) is 5.10 Å². The van der Waals surface area contributed by atoms with Crippen molar-refractivity contribution >= 4 is 34.4 Å². The fourth-order valence-electron chi connectivity index (χ4n) is 2.50. The van der Waals surface area contributed by atoms with Gasteiger partial charge in [0.1, 0.15) is 12.4 Å². The molecule has 5 nitrogen and oxygen atoms in total. The Bertz CT molecular complexity index is 963. The summed E-state index contributed by atoms with van der Waals surface area (Å²) in [5.41, 5.74) is 2.05. The molecule has 2 aromatic carbocycles. The van der Waals surface area contributed by atoms with Gasteiger partial charge in [-0.25, -0.2) is 0 Å². The van der Waals surface area contributed by atoms with Crippen molar-refractivity contribution < 1.29 is 4.74 Å². The predicted molar refractivity (Wildman–Crippen MR) is 114 cm³/mol. The van der Waals surface area contributed by atoms with Crippen LogP contribution in [-0.2, 0) is 13.0 Å². The molecule has 0 aliphatic carbocycles. The number of ether oxygens (including phenoxy) is 1. The van der Waals surface area contributed by atoms with Crippen LogP contribution in [0.1, 0.15) is 36.7 Å². The van der Waals surface area contributed by atoms with Crippen molar-refractivity contribution in [2.75, 3.05) is 0 Å². The van der Waals surface area contributed by atoms with Crippen molar-refractivity contribution in [3.05, 3.63) is 74.7 Å². The number of hydrogen-bond acceptors (Lipinski definition) is 4. The largest absolute Gasteiger partial charge is 0.489 e. The number of H-pyrrole nitrogens is 1. The van der Waals surface area contributed by atoms with Gasteiger partial charge < -0.3 is 4.74 Å². The first kappa shape index (κ1) is 19.5. The molecule has 0 radical (unpaired) electrons. The van der Waals surface area contributed by atoms with E-state index in [2.05, 4.69) is 38.2 Å². The van der Waals surface area contributed by atoms with E-state index in [0.717, 1.165) is 46.4 Å². The fraction of sp³-hybridized carbons (Fsp3) is 0.250. The zero-order chi connectivity index (χ0) is 19.1. The molecule has 3 rings (SSSR count). The van der Waals surface area contributed by atoms with Crippen LogP contribution in [0.25, 0.3) is 0 Å². The number of aromatic amines is 1. The number of nitrogens with one attached hydrogen (secondary N) is 1. The topological polar surface area (TPSA) is 55.2 Å². The summed E-state index contributed by atoms with van der Waals surface area (Å²) in [6, 6.07) is 15.9. The number of unbranched alkanes of at least 4 members (excludes halogenated alkanes) is 1. The average Bonchev–Trinajstić information content (AvgIpc) is 3.04. The average molecular weight is 445 g/mol. The summed E-state index contributed by atoms with van der Waals surface area (Å²) >= 11 is 8.71. The Hall–Kier alpha value is -2.25. The maximum Gasteiger partial charge on any atom is 0.216 e. The first-order chi connectivity index (χ1) is 13.2.